The van der Waals surface area contributed by atoms with Crippen molar-refractivity contribution in [1.82, 2.24) is 24.8 Å². The number of ether oxygens (including phenoxy) is 2. The lowest BCUT2D eigenvalue weighted by Gasteiger charge is -2.38. The average molecular weight is 909 g/mol. The number of carboxylic acid groups (broad SMARTS) is 1. The molecule has 15 nitrogen and oxygen atoms in total. The van der Waals surface area contributed by atoms with E-state index in [2.05, 4.69) is 64.8 Å². The monoisotopic (exact) mass is 908 g/mol. The molecule has 0 bridgehead atoms. The molecule has 0 spiro atoms. The van der Waals surface area contributed by atoms with Gasteiger partial charge in [0.1, 0.15) is 45.5 Å². The first-order valence-corrected chi connectivity index (χ1v) is 23.7. The molecule has 1 saturated heterocycles. The molecule has 6 aromatic rings. The predicted molar refractivity (Wildman–Crippen MR) is 253 cm³/mol. The lowest BCUT2D eigenvalue weighted by molar-refractivity contribution is -0.142. The van der Waals surface area contributed by atoms with Crippen molar-refractivity contribution in [2.24, 2.45) is 27.7 Å². The van der Waals surface area contributed by atoms with Gasteiger partial charge in [-0.3, -0.25) is 19.6 Å². The highest BCUT2D eigenvalue weighted by Gasteiger charge is 2.37. The summed E-state index contributed by atoms with van der Waals surface area (Å²) in [6.07, 6.45) is 11.3. The lowest BCUT2D eigenvalue weighted by Crippen LogP contribution is -2.52. The van der Waals surface area contributed by atoms with Crippen molar-refractivity contribution in [3.8, 4) is 17.6 Å². The Balaban J connectivity index is 0.000000155. The first-order valence-electron chi connectivity index (χ1n) is 22.1. The summed E-state index contributed by atoms with van der Waals surface area (Å²) in [5.41, 5.74) is 8.59. The van der Waals surface area contributed by atoms with Crippen molar-refractivity contribution in [3.05, 3.63) is 80.1 Å². The third-order valence-electron chi connectivity index (χ3n) is 12.5. The first-order chi connectivity index (χ1) is 31.5. The predicted octanol–water partition coefficient (Wildman–Crippen LogP) is 8.59. The number of likely N-dealkylation sites (tertiary alicyclic amines) is 1. The number of carbonyl (C=O) groups is 2. The van der Waals surface area contributed by atoms with Gasteiger partial charge in [-0.15, -0.1) is 22.7 Å². The van der Waals surface area contributed by atoms with E-state index in [9.17, 15) is 14.7 Å². The quantitative estimate of drug-likeness (QED) is 0.118. The third kappa shape index (κ3) is 8.36. The maximum absolute atomic E-state index is 12.9. The first kappa shape index (κ1) is 42.4. The number of anilines is 4. The van der Waals surface area contributed by atoms with Crippen molar-refractivity contribution in [3.63, 3.8) is 0 Å². The van der Waals surface area contributed by atoms with E-state index >= 15 is 0 Å². The molecule has 0 radical (unpaired) electrons. The standard InChI is InChI=1S/C26H26N6O2S.C22H22N4O3S/c1-14(2)34-21-6-18-10-28-9-17(18)5-20(21)31-24-23-19-4-3-16(26(33)32-11-15(8-27)12-32)7-22(19)35-25(23)30-13-29-24;1-11(2)29-17-6-14-9-23-8-13(14)5-16(17)26-20-19-15-4-3-12(22(27)28)7-18(15)30-21(19)25-10-24-20/h5-6,9,13-16H,3-4,7,10-12H2,1-2H3,(H,29,30,31);5-6,8,10-12H,3-4,7,9H2,1-2H3,(H,27,28)(H,24,25,26). The number of thiophene rings is 2. The number of aliphatic carboxylic acids is 1. The van der Waals surface area contributed by atoms with Crippen molar-refractivity contribution in [2.45, 2.75) is 91.5 Å². The van der Waals surface area contributed by atoms with E-state index in [4.69, 9.17) is 14.7 Å². The number of carboxylic acids is 1. The van der Waals surface area contributed by atoms with E-state index < -0.39 is 5.97 Å². The SMILES string of the molecule is CC(C)Oc1cc2c(cc1Nc1ncnc3sc4c(c13)CCC(C(=O)N1CC(C#N)C1)C4)C=NC2.CC(C)Oc1cc2c(cc1Nc1ncnc3sc4c(c13)CCC(C(=O)O)C4)C=NC2. The van der Waals surface area contributed by atoms with Crippen LogP contribution in [0.25, 0.3) is 20.4 Å². The van der Waals surface area contributed by atoms with Crippen LogP contribution in [0.5, 0.6) is 11.5 Å². The van der Waals surface area contributed by atoms with Gasteiger partial charge in [0, 0.05) is 41.2 Å². The van der Waals surface area contributed by atoms with Gasteiger partial charge in [0.15, 0.2) is 0 Å². The van der Waals surface area contributed by atoms with Crippen LogP contribution in [0.1, 0.15) is 83.7 Å². The molecule has 2 aliphatic carbocycles. The molecule has 4 aromatic heterocycles. The van der Waals surface area contributed by atoms with Gasteiger partial charge in [0.25, 0.3) is 0 Å². The molecule has 7 heterocycles. The number of hydrogen-bond donors (Lipinski definition) is 3. The van der Waals surface area contributed by atoms with Crippen molar-refractivity contribution in [2.75, 3.05) is 23.7 Å². The molecule has 2 unspecified atom stereocenters. The number of aromatic nitrogens is 4. The van der Waals surface area contributed by atoms with Crippen LogP contribution < -0.4 is 20.1 Å². The Bertz CT molecular complexity index is 2980. The molecule has 65 heavy (non-hydrogen) atoms. The van der Waals surface area contributed by atoms with Gasteiger partial charge in [0.05, 0.1) is 65.3 Å². The van der Waals surface area contributed by atoms with E-state index in [1.165, 1.54) is 16.0 Å². The molecule has 2 aromatic carbocycles. The van der Waals surface area contributed by atoms with Crippen LogP contribution in [-0.2, 0) is 48.4 Å². The number of rotatable bonds is 10. The number of hydrogen-bond acceptors (Lipinski definition) is 15. The van der Waals surface area contributed by atoms with Gasteiger partial charge < -0.3 is 30.1 Å². The molecule has 5 aliphatic rings. The zero-order valence-electron chi connectivity index (χ0n) is 36.6. The van der Waals surface area contributed by atoms with Crippen LogP contribution in [0.2, 0.25) is 0 Å². The number of amides is 1. The molecule has 2 atom stereocenters. The molecule has 3 aliphatic heterocycles. The summed E-state index contributed by atoms with van der Waals surface area (Å²) in [7, 11) is 0. The van der Waals surface area contributed by atoms with Crippen LogP contribution in [-0.4, -0.2) is 79.5 Å². The number of nitrogens with zero attached hydrogens (tertiary/aromatic N) is 8. The molecular weight excluding hydrogens is 861 g/mol. The minimum Gasteiger partial charge on any atom is -0.489 e. The maximum Gasteiger partial charge on any atom is 0.306 e. The zero-order valence-corrected chi connectivity index (χ0v) is 38.2. The average Bonchev–Trinajstić information content (AvgIpc) is 4.08. The zero-order chi connectivity index (χ0) is 44.9. The number of carbonyl (C=O) groups excluding carboxylic acids is 1. The number of aryl methyl sites for hydroxylation is 2. The van der Waals surface area contributed by atoms with E-state index in [1.54, 1.807) is 35.3 Å². The Morgan fingerprint density at radius 3 is 1.72 bits per heavy atom. The van der Waals surface area contributed by atoms with Crippen LogP contribution in [0, 0.1) is 29.1 Å². The van der Waals surface area contributed by atoms with Gasteiger partial charge in [-0.2, -0.15) is 5.26 Å². The van der Waals surface area contributed by atoms with Gasteiger partial charge >= 0.3 is 5.97 Å². The summed E-state index contributed by atoms with van der Waals surface area (Å²) in [6, 6.07) is 10.5. The van der Waals surface area contributed by atoms with Gasteiger partial charge in [-0.25, -0.2) is 19.9 Å². The summed E-state index contributed by atoms with van der Waals surface area (Å²) >= 11 is 3.23. The highest BCUT2D eigenvalue weighted by molar-refractivity contribution is 7.19. The highest BCUT2D eigenvalue weighted by atomic mass is 32.1. The van der Waals surface area contributed by atoms with Gasteiger partial charge in [0.2, 0.25) is 5.91 Å². The largest absolute Gasteiger partial charge is 0.489 e. The van der Waals surface area contributed by atoms with E-state index in [-0.39, 0.29) is 35.9 Å². The lowest BCUT2D eigenvalue weighted by atomic mass is 9.85. The Morgan fingerprint density at radius 1 is 0.754 bits per heavy atom. The van der Waals surface area contributed by atoms with Gasteiger partial charge in [-0.05, 0) is 124 Å². The molecule has 17 heteroatoms. The Labute approximate surface area is 383 Å². The summed E-state index contributed by atoms with van der Waals surface area (Å²) in [4.78, 5) is 57.3. The Hall–Kier alpha value is -6.51. The summed E-state index contributed by atoms with van der Waals surface area (Å²) in [5, 5.41) is 27.5. The second-order valence-corrected chi connectivity index (χ2v) is 19.9. The molecule has 1 amide bonds. The minimum atomic E-state index is -0.724. The smallest absolute Gasteiger partial charge is 0.306 e. The number of fused-ring (bicyclic) bond motifs is 8. The van der Waals surface area contributed by atoms with Crippen LogP contribution in [0.15, 0.2) is 46.9 Å². The molecule has 0 saturated carbocycles. The van der Waals surface area contributed by atoms with Crippen LogP contribution >= 0.6 is 22.7 Å². The summed E-state index contributed by atoms with van der Waals surface area (Å²) in [6.45, 7) is 10.5. The molecule has 1 fully saturated rings. The second-order valence-electron chi connectivity index (χ2n) is 17.7. The van der Waals surface area contributed by atoms with Crippen molar-refractivity contribution >= 4 is 90.4 Å². The Kier molecular flexibility index (Phi) is 11.4. The number of benzene rings is 2. The number of nitrogens with one attached hydrogen (secondary N) is 2. The molecule has 3 N–H and O–H groups in total. The Morgan fingerprint density at radius 2 is 1.25 bits per heavy atom. The fourth-order valence-electron chi connectivity index (χ4n) is 9.26. The van der Waals surface area contributed by atoms with E-state index in [1.807, 2.05) is 51.1 Å². The van der Waals surface area contributed by atoms with E-state index in [0.717, 1.165) is 108 Å². The fourth-order valence-corrected chi connectivity index (χ4v) is 11.8. The minimum absolute atomic E-state index is 0.0126. The van der Waals surface area contributed by atoms with Crippen molar-refractivity contribution < 1.29 is 24.2 Å². The number of nitriles is 1. The second kappa shape index (κ2) is 17.5. The molecule has 11 rings (SSSR count). The van der Waals surface area contributed by atoms with Gasteiger partial charge in [-0.1, -0.05) is 0 Å². The highest BCUT2D eigenvalue weighted by Crippen LogP contribution is 2.44. The van der Waals surface area contributed by atoms with Crippen LogP contribution in [0.3, 0.4) is 0 Å². The number of aliphatic imine (C=N–C) groups is 2. The fraction of sp³-hybridized carbons (Fsp3) is 0.396. The van der Waals surface area contributed by atoms with Crippen molar-refractivity contribution in [1.29, 1.82) is 5.26 Å². The topological polar surface area (TPSA) is 200 Å². The third-order valence-corrected chi connectivity index (χ3v) is 14.8. The van der Waals surface area contributed by atoms with Crippen LogP contribution in [0.4, 0.5) is 23.0 Å². The molecule has 332 valence electrons. The summed E-state index contributed by atoms with van der Waals surface area (Å²) < 4.78 is 12.2. The normalized spacial score (nSPS) is 18.1. The maximum atomic E-state index is 12.9. The summed E-state index contributed by atoms with van der Waals surface area (Å²) in [5.74, 6) is 2.15. The van der Waals surface area contributed by atoms with E-state index in [0.29, 0.717) is 39.0 Å². The molecular formula is C48H48N10O5S2.